The molecule has 1 heterocycles. The number of nitrogens with zero attached hydrogens (tertiary/aromatic N) is 1. The first-order valence-corrected chi connectivity index (χ1v) is 5.89. The number of anilines is 1. The lowest BCUT2D eigenvalue weighted by Gasteiger charge is -2.10. The maximum atomic E-state index is 11.1. The number of nitrogens with one attached hydrogen (secondary N) is 1. The van der Waals surface area contributed by atoms with Crippen LogP contribution < -0.4 is 11.1 Å². The van der Waals surface area contributed by atoms with Crippen LogP contribution in [-0.4, -0.2) is 10.5 Å². The second-order valence-electron chi connectivity index (χ2n) is 4.02. The molecule has 0 saturated heterocycles. The summed E-state index contributed by atoms with van der Waals surface area (Å²) in [5.74, 6) is -0.464. The zero-order valence-corrected chi connectivity index (χ0v) is 10.7. The molecule has 0 radical (unpaired) electrons. The monoisotopic (exact) mass is 263 g/mol. The van der Waals surface area contributed by atoms with Crippen molar-refractivity contribution in [2.75, 3.05) is 5.32 Å². The Kier molecular flexibility index (Phi) is 3.58. The summed E-state index contributed by atoms with van der Waals surface area (Å²) in [7, 11) is 1.97. The predicted octanol–water partition coefficient (Wildman–Crippen LogP) is 2.39. The van der Waals surface area contributed by atoms with E-state index in [1.165, 1.54) is 0 Å². The van der Waals surface area contributed by atoms with Gasteiger partial charge < -0.3 is 15.6 Å². The minimum absolute atomic E-state index is 0.439. The van der Waals surface area contributed by atoms with E-state index in [2.05, 4.69) is 5.32 Å². The van der Waals surface area contributed by atoms with E-state index < -0.39 is 5.91 Å². The van der Waals surface area contributed by atoms with Crippen molar-refractivity contribution in [3.05, 3.63) is 52.8 Å². The first-order chi connectivity index (χ1) is 8.58. The fraction of sp³-hybridized carbons (Fsp3) is 0.154. The topological polar surface area (TPSA) is 60.1 Å². The molecular formula is C13H14ClN3O. The van der Waals surface area contributed by atoms with Crippen LogP contribution in [0.2, 0.25) is 5.02 Å². The zero-order valence-electron chi connectivity index (χ0n) is 9.98. The van der Waals surface area contributed by atoms with Gasteiger partial charge in [0, 0.05) is 24.5 Å². The van der Waals surface area contributed by atoms with Crippen molar-refractivity contribution in [2.24, 2.45) is 12.8 Å². The zero-order chi connectivity index (χ0) is 13.1. The molecule has 3 N–H and O–H groups in total. The molecule has 0 fully saturated rings. The Morgan fingerprint density at radius 1 is 1.44 bits per heavy atom. The third-order valence-corrected chi connectivity index (χ3v) is 3.09. The van der Waals surface area contributed by atoms with Crippen molar-refractivity contribution >= 4 is 23.2 Å². The van der Waals surface area contributed by atoms with E-state index in [1.54, 1.807) is 18.2 Å². The number of amides is 1. The Morgan fingerprint density at radius 2 is 2.22 bits per heavy atom. The highest BCUT2D eigenvalue weighted by atomic mass is 35.5. The number of carbonyl (C=O) groups excluding carboxylic acids is 1. The second-order valence-corrected chi connectivity index (χ2v) is 4.43. The minimum Gasteiger partial charge on any atom is -0.378 e. The molecule has 0 aliphatic heterocycles. The molecule has 0 spiro atoms. The number of nitrogens with two attached hydrogens (primary N) is 1. The van der Waals surface area contributed by atoms with Gasteiger partial charge in [-0.3, -0.25) is 4.79 Å². The largest absolute Gasteiger partial charge is 0.378 e. The van der Waals surface area contributed by atoms with Gasteiger partial charge in [-0.05, 0) is 30.3 Å². The minimum atomic E-state index is -0.464. The van der Waals surface area contributed by atoms with E-state index in [0.717, 1.165) is 5.69 Å². The average molecular weight is 264 g/mol. The Bertz CT molecular complexity index is 577. The van der Waals surface area contributed by atoms with Crippen molar-refractivity contribution in [1.29, 1.82) is 0 Å². The summed E-state index contributed by atoms with van der Waals surface area (Å²) in [5.41, 5.74) is 7.50. The first-order valence-electron chi connectivity index (χ1n) is 5.51. The second kappa shape index (κ2) is 5.14. The van der Waals surface area contributed by atoms with Crippen LogP contribution in [0.15, 0.2) is 36.5 Å². The molecular weight excluding hydrogens is 250 g/mol. The van der Waals surface area contributed by atoms with Crippen LogP contribution in [0, 0.1) is 0 Å². The molecule has 0 bridgehead atoms. The molecule has 94 valence electrons. The molecule has 0 aliphatic carbocycles. The van der Waals surface area contributed by atoms with Gasteiger partial charge in [0.1, 0.15) is 0 Å². The number of aryl methyl sites for hydroxylation is 1. The maximum Gasteiger partial charge on any atom is 0.248 e. The average Bonchev–Trinajstić information content (AvgIpc) is 2.73. The number of carbonyl (C=O) groups is 1. The summed E-state index contributed by atoms with van der Waals surface area (Å²) in [6.45, 7) is 0.630. The van der Waals surface area contributed by atoms with Crippen LogP contribution in [0.5, 0.6) is 0 Å². The summed E-state index contributed by atoms with van der Waals surface area (Å²) in [4.78, 5) is 11.1. The predicted molar refractivity (Wildman–Crippen MR) is 72.7 cm³/mol. The quantitative estimate of drug-likeness (QED) is 0.890. The number of halogens is 1. The smallest absolute Gasteiger partial charge is 0.248 e. The van der Waals surface area contributed by atoms with Crippen LogP contribution >= 0.6 is 11.6 Å². The van der Waals surface area contributed by atoms with Gasteiger partial charge in [0.25, 0.3) is 0 Å². The van der Waals surface area contributed by atoms with E-state index in [-0.39, 0.29) is 0 Å². The lowest BCUT2D eigenvalue weighted by molar-refractivity contribution is 0.100. The Morgan fingerprint density at radius 3 is 2.83 bits per heavy atom. The Labute approximate surface area is 110 Å². The molecule has 2 aromatic rings. The van der Waals surface area contributed by atoms with Crippen molar-refractivity contribution in [3.63, 3.8) is 0 Å². The fourth-order valence-corrected chi connectivity index (χ4v) is 1.86. The number of benzene rings is 1. The SMILES string of the molecule is Cn1cccc1CNc1cc(C(N)=O)ccc1Cl. The van der Waals surface area contributed by atoms with Gasteiger partial charge >= 0.3 is 0 Å². The molecule has 0 aliphatic rings. The molecule has 0 unspecified atom stereocenters. The molecule has 4 nitrogen and oxygen atoms in total. The van der Waals surface area contributed by atoms with Gasteiger partial charge in [0.2, 0.25) is 5.91 Å². The van der Waals surface area contributed by atoms with Crippen LogP contribution in [0.25, 0.3) is 0 Å². The molecule has 0 atom stereocenters. The third-order valence-electron chi connectivity index (χ3n) is 2.76. The summed E-state index contributed by atoms with van der Waals surface area (Å²) in [5, 5.41) is 3.75. The van der Waals surface area contributed by atoms with Crippen LogP contribution in [0.4, 0.5) is 5.69 Å². The van der Waals surface area contributed by atoms with Crippen molar-refractivity contribution < 1.29 is 4.79 Å². The highest BCUT2D eigenvalue weighted by Crippen LogP contribution is 2.23. The van der Waals surface area contributed by atoms with E-state index >= 15 is 0 Å². The van der Waals surface area contributed by atoms with Crippen molar-refractivity contribution in [2.45, 2.75) is 6.54 Å². The van der Waals surface area contributed by atoms with Gasteiger partial charge in [-0.2, -0.15) is 0 Å². The number of primary amides is 1. The van der Waals surface area contributed by atoms with Gasteiger partial charge in [-0.15, -0.1) is 0 Å². The molecule has 2 rings (SSSR count). The first kappa shape index (κ1) is 12.5. The number of rotatable bonds is 4. The Balaban J connectivity index is 2.16. The molecule has 1 amide bonds. The summed E-state index contributed by atoms with van der Waals surface area (Å²) < 4.78 is 2.01. The van der Waals surface area contributed by atoms with E-state index in [1.807, 2.05) is 29.9 Å². The summed E-state index contributed by atoms with van der Waals surface area (Å²) in [6, 6.07) is 8.91. The van der Waals surface area contributed by atoms with Crippen molar-refractivity contribution in [3.8, 4) is 0 Å². The van der Waals surface area contributed by atoms with E-state index in [9.17, 15) is 4.79 Å². The molecule has 5 heteroatoms. The number of aromatic nitrogens is 1. The molecule has 0 saturated carbocycles. The highest BCUT2D eigenvalue weighted by molar-refractivity contribution is 6.33. The van der Waals surface area contributed by atoms with Crippen LogP contribution in [-0.2, 0) is 13.6 Å². The van der Waals surface area contributed by atoms with Gasteiger partial charge in [-0.1, -0.05) is 11.6 Å². The number of hydrogen-bond acceptors (Lipinski definition) is 2. The standard InChI is InChI=1S/C13H14ClN3O/c1-17-6-2-3-10(17)8-16-12-7-9(13(15)18)4-5-11(12)14/h2-7,16H,8H2,1H3,(H2,15,18). The Hall–Kier alpha value is -1.94. The van der Waals surface area contributed by atoms with Crippen molar-refractivity contribution in [1.82, 2.24) is 4.57 Å². The molecule has 18 heavy (non-hydrogen) atoms. The van der Waals surface area contributed by atoms with Gasteiger partial charge in [0.05, 0.1) is 17.3 Å². The van der Waals surface area contributed by atoms with Gasteiger partial charge in [-0.25, -0.2) is 0 Å². The third kappa shape index (κ3) is 2.65. The maximum absolute atomic E-state index is 11.1. The lowest BCUT2D eigenvalue weighted by atomic mass is 10.2. The summed E-state index contributed by atoms with van der Waals surface area (Å²) in [6.07, 6.45) is 1.97. The van der Waals surface area contributed by atoms with E-state index in [4.69, 9.17) is 17.3 Å². The van der Waals surface area contributed by atoms with Gasteiger partial charge in [0.15, 0.2) is 0 Å². The highest BCUT2D eigenvalue weighted by Gasteiger charge is 2.06. The normalized spacial score (nSPS) is 10.3. The number of hydrogen-bond donors (Lipinski definition) is 2. The molecule has 1 aromatic carbocycles. The van der Waals surface area contributed by atoms with Crippen LogP contribution in [0.3, 0.4) is 0 Å². The van der Waals surface area contributed by atoms with Crippen LogP contribution in [0.1, 0.15) is 16.1 Å². The van der Waals surface area contributed by atoms with E-state index in [0.29, 0.717) is 22.8 Å². The summed E-state index contributed by atoms with van der Waals surface area (Å²) >= 11 is 6.06. The fourth-order valence-electron chi connectivity index (χ4n) is 1.68. The lowest BCUT2D eigenvalue weighted by Crippen LogP contribution is -2.11. The molecule has 1 aromatic heterocycles.